The van der Waals surface area contributed by atoms with Crippen molar-refractivity contribution in [2.45, 2.75) is 32.3 Å². The van der Waals surface area contributed by atoms with Crippen LogP contribution in [-0.4, -0.2) is 27.9 Å². The molecule has 0 saturated carbocycles. The van der Waals surface area contributed by atoms with Crippen LogP contribution in [0.4, 0.5) is 5.69 Å². The minimum atomic E-state index is -1.15. The molecule has 27 heavy (non-hydrogen) atoms. The lowest BCUT2D eigenvalue weighted by molar-refractivity contribution is -0.386. The predicted molar refractivity (Wildman–Crippen MR) is 101 cm³/mol. The van der Waals surface area contributed by atoms with Gasteiger partial charge in [0.1, 0.15) is 5.84 Å². The Hall–Kier alpha value is -3.42. The third-order valence-corrected chi connectivity index (χ3v) is 4.05. The molecule has 0 fully saturated rings. The first-order valence-corrected chi connectivity index (χ1v) is 8.46. The van der Waals surface area contributed by atoms with Gasteiger partial charge in [-0.2, -0.15) is 0 Å². The smallest absolute Gasteiger partial charge is 0.344 e. The molecule has 0 aliphatic carbocycles. The Labute approximate surface area is 156 Å². The van der Waals surface area contributed by atoms with E-state index in [4.69, 9.17) is 15.9 Å². The quantitative estimate of drug-likeness (QED) is 0.266. The second-order valence-corrected chi connectivity index (χ2v) is 6.02. The molecule has 0 heterocycles. The van der Waals surface area contributed by atoms with E-state index < -0.39 is 17.0 Å². The number of hydrogen-bond donors (Lipinski definition) is 3. The minimum Gasteiger partial charge on any atom is -0.479 e. The number of carboxylic acids is 1. The number of nitrogens with one attached hydrogen (secondary N) is 1. The number of ether oxygens (including phenoxy) is 1. The summed E-state index contributed by atoms with van der Waals surface area (Å²) in [6, 6.07) is 11.1. The van der Waals surface area contributed by atoms with Gasteiger partial charge >= 0.3 is 11.7 Å². The summed E-state index contributed by atoms with van der Waals surface area (Å²) in [5.74, 6) is -1.29. The van der Waals surface area contributed by atoms with Crippen LogP contribution in [0, 0.1) is 15.5 Å². The zero-order chi connectivity index (χ0) is 20.0. The van der Waals surface area contributed by atoms with E-state index in [0.29, 0.717) is 23.1 Å². The van der Waals surface area contributed by atoms with E-state index in [-0.39, 0.29) is 23.7 Å². The maximum Gasteiger partial charge on any atom is 0.344 e. The van der Waals surface area contributed by atoms with E-state index in [1.54, 1.807) is 30.3 Å². The van der Waals surface area contributed by atoms with Crippen molar-refractivity contribution in [2.24, 2.45) is 5.73 Å². The van der Waals surface area contributed by atoms with E-state index >= 15 is 0 Å². The molecular weight excluding hydrogens is 350 g/mol. The maximum atomic E-state index is 11.4. The second kappa shape index (κ2) is 8.79. The SMILES string of the molecule is CCCCC(Oc1ccc(-c2ccc(C(=N)N)cc2)cc1[N+](=O)[O-])C(=O)O. The number of nitrogens with two attached hydrogens (primary N) is 1. The van der Waals surface area contributed by atoms with Crippen LogP contribution in [-0.2, 0) is 4.79 Å². The van der Waals surface area contributed by atoms with Gasteiger partial charge in [0.2, 0.25) is 0 Å². The number of nitrogen functional groups attached to an aromatic ring is 1. The summed E-state index contributed by atoms with van der Waals surface area (Å²) in [5, 5.41) is 28.1. The van der Waals surface area contributed by atoms with Crippen molar-refractivity contribution >= 4 is 17.5 Å². The Balaban J connectivity index is 2.34. The van der Waals surface area contributed by atoms with Crippen LogP contribution in [0.2, 0.25) is 0 Å². The van der Waals surface area contributed by atoms with Gasteiger partial charge in [-0.25, -0.2) is 4.79 Å². The fourth-order valence-corrected chi connectivity index (χ4v) is 2.56. The second-order valence-electron chi connectivity index (χ2n) is 6.02. The highest BCUT2D eigenvalue weighted by atomic mass is 16.6. The molecule has 0 radical (unpaired) electrons. The van der Waals surface area contributed by atoms with E-state index in [0.717, 1.165) is 6.42 Å². The molecule has 0 aliphatic heterocycles. The number of aliphatic carboxylic acids is 1. The highest BCUT2D eigenvalue weighted by molar-refractivity contribution is 5.95. The van der Waals surface area contributed by atoms with Crippen LogP contribution < -0.4 is 10.5 Å². The average Bonchev–Trinajstić information content (AvgIpc) is 2.64. The number of nitro groups is 1. The summed E-state index contributed by atoms with van der Waals surface area (Å²) in [5.41, 5.74) is 6.95. The molecule has 0 amide bonds. The maximum absolute atomic E-state index is 11.4. The van der Waals surface area contributed by atoms with Crippen molar-refractivity contribution in [1.82, 2.24) is 0 Å². The van der Waals surface area contributed by atoms with Gasteiger partial charge in [-0.3, -0.25) is 15.5 Å². The van der Waals surface area contributed by atoms with Crippen LogP contribution in [0.1, 0.15) is 31.7 Å². The van der Waals surface area contributed by atoms with Gasteiger partial charge in [0, 0.05) is 11.6 Å². The molecule has 0 spiro atoms. The number of carboxylic acid groups (broad SMARTS) is 1. The summed E-state index contributed by atoms with van der Waals surface area (Å²) >= 11 is 0. The number of nitrogens with zero attached hydrogens (tertiary/aromatic N) is 1. The Bertz CT molecular complexity index is 849. The summed E-state index contributed by atoms with van der Waals surface area (Å²) in [6.07, 6.45) is 0.580. The molecule has 0 bridgehead atoms. The van der Waals surface area contributed by atoms with Crippen LogP contribution >= 0.6 is 0 Å². The van der Waals surface area contributed by atoms with E-state index in [2.05, 4.69) is 0 Å². The Morgan fingerprint density at radius 3 is 2.41 bits per heavy atom. The van der Waals surface area contributed by atoms with Gasteiger partial charge in [-0.05, 0) is 30.0 Å². The first kappa shape index (κ1) is 19.9. The Morgan fingerprint density at radius 2 is 1.89 bits per heavy atom. The van der Waals surface area contributed by atoms with Gasteiger partial charge < -0.3 is 15.6 Å². The monoisotopic (exact) mass is 371 g/mol. The highest BCUT2D eigenvalue weighted by Crippen LogP contribution is 2.33. The van der Waals surface area contributed by atoms with Crippen LogP contribution in [0.5, 0.6) is 5.75 Å². The van der Waals surface area contributed by atoms with Crippen molar-refractivity contribution in [3.8, 4) is 16.9 Å². The lowest BCUT2D eigenvalue weighted by atomic mass is 10.0. The molecule has 2 aromatic rings. The van der Waals surface area contributed by atoms with Crippen molar-refractivity contribution in [3.05, 3.63) is 58.1 Å². The number of amidine groups is 1. The molecule has 1 unspecified atom stereocenters. The van der Waals surface area contributed by atoms with Crippen LogP contribution in [0.15, 0.2) is 42.5 Å². The minimum absolute atomic E-state index is 0.0666. The summed E-state index contributed by atoms with van der Waals surface area (Å²) in [4.78, 5) is 22.2. The molecule has 0 aliphatic rings. The third-order valence-electron chi connectivity index (χ3n) is 4.05. The van der Waals surface area contributed by atoms with Crippen molar-refractivity contribution < 1.29 is 19.6 Å². The van der Waals surface area contributed by atoms with Gasteiger partial charge in [0.25, 0.3) is 0 Å². The molecule has 0 saturated heterocycles. The first-order chi connectivity index (χ1) is 12.8. The fraction of sp³-hybridized carbons (Fsp3) is 0.263. The molecule has 8 nitrogen and oxygen atoms in total. The van der Waals surface area contributed by atoms with Gasteiger partial charge in [0.05, 0.1) is 4.92 Å². The Kier molecular flexibility index (Phi) is 6.48. The van der Waals surface area contributed by atoms with Crippen molar-refractivity contribution in [3.63, 3.8) is 0 Å². The zero-order valence-electron chi connectivity index (χ0n) is 14.8. The largest absolute Gasteiger partial charge is 0.479 e. The van der Waals surface area contributed by atoms with Crippen molar-refractivity contribution in [2.75, 3.05) is 0 Å². The lowest BCUT2D eigenvalue weighted by Crippen LogP contribution is -2.27. The topological polar surface area (TPSA) is 140 Å². The highest BCUT2D eigenvalue weighted by Gasteiger charge is 2.24. The number of hydrogen-bond acceptors (Lipinski definition) is 5. The van der Waals surface area contributed by atoms with E-state index in [1.165, 1.54) is 12.1 Å². The molecule has 8 heteroatoms. The number of rotatable bonds is 9. The average molecular weight is 371 g/mol. The third kappa shape index (κ3) is 5.04. The molecule has 2 rings (SSSR count). The molecule has 2 aromatic carbocycles. The normalized spacial score (nSPS) is 11.6. The van der Waals surface area contributed by atoms with Gasteiger partial charge in [-0.1, -0.05) is 43.7 Å². The standard InChI is InChI=1S/C19H21N3O5/c1-2-3-4-17(19(23)24)27-16-10-9-14(11-15(16)22(25)26)12-5-7-13(8-6-12)18(20)21/h5-11,17H,2-4H2,1H3,(H3,20,21)(H,23,24). The number of benzene rings is 2. The van der Waals surface area contributed by atoms with Crippen LogP contribution in [0.3, 0.4) is 0 Å². The number of carbonyl (C=O) groups is 1. The van der Waals surface area contributed by atoms with Crippen LogP contribution in [0.25, 0.3) is 11.1 Å². The van der Waals surface area contributed by atoms with E-state index in [1.807, 2.05) is 6.92 Å². The molecule has 142 valence electrons. The first-order valence-electron chi connectivity index (χ1n) is 8.46. The zero-order valence-corrected chi connectivity index (χ0v) is 14.8. The summed E-state index contributed by atoms with van der Waals surface area (Å²) in [6.45, 7) is 1.92. The van der Waals surface area contributed by atoms with E-state index in [9.17, 15) is 20.0 Å². The number of unbranched alkanes of at least 4 members (excludes halogenated alkanes) is 1. The molecule has 0 aromatic heterocycles. The summed E-state index contributed by atoms with van der Waals surface area (Å²) in [7, 11) is 0. The Morgan fingerprint density at radius 1 is 1.26 bits per heavy atom. The molecular formula is C19H21N3O5. The van der Waals surface area contributed by atoms with Crippen molar-refractivity contribution in [1.29, 1.82) is 5.41 Å². The lowest BCUT2D eigenvalue weighted by Gasteiger charge is -2.15. The van der Waals surface area contributed by atoms with Gasteiger partial charge in [-0.15, -0.1) is 0 Å². The molecule has 4 N–H and O–H groups in total. The predicted octanol–water partition coefficient (Wildman–Crippen LogP) is 3.57. The van der Waals surface area contributed by atoms with Gasteiger partial charge in [0.15, 0.2) is 11.9 Å². The molecule has 1 atom stereocenters. The number of nitro benzene ring substituents is 1. The summed E-state index contributed by atoms with van der Waals surface area (Å²) < 4.78 is 5.43. The fourth-order valence-electron chi connectivity index (χ4n) is 2.56.